The van der Waals surface area contributed by atoms with Gasteiger partial charge < -0.3 is 0 Å². The summed E-state index contributed by atoms with van der Waals surface area (Å²) < 4.78 is 167. The molecule has 412 valence electrons. The molecule has 0 saturated heterocycles. The minimum atomic E-state index is -8.02. The molecule has 0 amide bonds. The Morgan fingerprint density at radius 1 is 0.390 bits per heavy atom. The summed E-state index contributed by atoms with van der Waals surface area (Å²) in [7, 11) is -24.4. The monoisotopic (exact) mass is 1210 g/mol. The van der Waals surface area contributed by atoms with E-state index in [0.29, 0.717) is 0 Å². The van der Waals surface area contributed by atoms with Crippen LogP contribution >= 0.6 is 35.3 Å². The van der Waals surface area contributed by atoms with Gasteiger partial charge >= 0.3 is 16.5 Å². The van der Waals surface area contributed by atoms with Crippen molar-refractivity contribution in [3.05, 3.63) is 165 Å². The van der Waals surface area contributed by atoms with Crippen molar-refractivity contribution in [3.63, 3.8) is 0 Å². The van der Waals surface area contributed by atoms with Crippen molar-refractivity contribution in [2.45, 2.75) is 121 Å². The maximum absolute atomic E-state index is 12.1. The molecule has 0 bridgehead atoms. The van der Waals surface area contributed by atoms with Gasteiger partial charge in [0.05, 0.1) is 14.8 Å². The first-order valence-electron chi connectivity index (χ1n) is 22.5. The Morgan fingerprint density at radius 3 is 0.779 bits per heavy atom. The van der Waals surface area contributed by atoms with E-state index in [9.17, 15) is 79.2 Å². The lowest BCUT2D eigenvalue weighted by molar-refractivity contribution is -0.0471. The minimum Gasteiger partial charge on any atom is -0.295 e. The molecule has 0 aliphatic carbocycles. The average molecular weight is 1210 g/mol. The highest BCUT2D eigenvalue weighted by Gasteiger charge is 2.63. The highest BCUT2D eigenvalue weighted by atomic mass is 32.3. The first kappa shape index (κ1) is 62.8. The quantitative estimate of drug-likeness (QED) is 0.0348. The predicted octanol–water partition coefficient (Wildman–Crippen LogP) is 14.8. The highest BCUT2D eigenvalue weighted by molar-refractivity contribution is 8.29. The summed E-state index contributed by atoms with van der Waals surface area (Å²) in [4.78, 5) is 46.8. The lowest BCUT2D eigenvalue weighted by Crippen LogP contribution is -2.47. The Kier molecular flexibility index (Phi) is 20.3. The largest absolute Gasteiger partial charge is 0.470 e. The fourth-order valence-corrected chi connectivity index (χ4v) is 17.7. The summed E-state index contributed by atoms with van der Waals surface area (Å²) in [6.45, 7) is 11.2. The maximum atomic E-state index is 12.1. The topological polar surface area (TPSA) is 154 Å². The Labute approximate surface area is 455 Å². The molecule has 0 radical (unpaired) electrons. The van der Waals surface area contributed by atoms with Gasteiger partial charge in [0.15, 0.2) is 61.5 Å². The van der Waals surface area contributed by atoms with E-state index in [-0.39, 0.29) is 28.2 Å². The molecule has 6 aromatic rings. The van der Waals surface area contributed by atoms with Gasteiger partial charge in [-0.25, -0.2) is 0 Å². The van der Waals surface area contributed by atoms with Gasteiger partial charge in [0.1, 0.15) is 0 Å². The normalized spacial score (nSPS) is 12.6. The number of Topliss-reactive ketones (excluding diaryl/α,β-unsaturated/α-hetero) is 3. The van der Waals surface area contributed by atoms with Crippen LogP contribution < -0.4 is 0 Å². The molecule has 0 saturated carbocycles. The molecule has 9 nitrogen and oxygen atoms in total. The van der Waals surface area contributed by atoms with Crippen LogP contribution in [-0.2, 0) is 59.7 Å². The Hall–Kier alpha value is -5.05. The van der Waals surface area contributed by atoms with Crippen LogP contribution in [0.4, 0.5) is 39.5 Å². The summed E-state index contributed by atoms with van der Waals surface area (Å²) in [5.41, 5.74) is -15.5. The molecule has 0 spiro atoms. The van der Waals surface area contributed by atoms with E-state index in [1.54, 1.807) is 56.1 Å². The molecular weight excluding hydrogens is 1160 g/mol. The lowest BCUT2D eigenvalue weighted by Gasteiger charge is -2.31. The third kappa shape index (κ3) is 14.8. The van der Waals surface area contributed by atoms with Gasteiger partial charge in [-0.2, -0.15) is 39.5 Å². The van der Waals surface area contributed by atoms with Gasteiger partial charge in [-0.15, -0.1) is 0 Å². The predicted molar refractivity (Wildman–Crippen MR) is 279 cm³/mol. The second-order valence-electron chi connectivity index (χ2n) is 16.3. The minimum absolute atomic E-state index is 0.103. The molecule has 0 heterocycles. The van der Waals surface area contributed by atoms with E-state index < -0.39 is 50.0 Å². The molecule has 0 N–H and O–H groups in total. The van der Waals surface area contributed by atoms with Crippen LogP contribution in [0.3, 0.4) is 0 Å². The Balaban J connectivity index is 0.000000420. The fraction of sp³-hybridized carbons (Fsp3) is 0.231. The van der Waals surface area contributed by atoms with Gasteiger partial charge in [-0.3, -0.25) is 39.6 Å². The highest BCUT2D eigenvalue weighted by Crippen LogP contribution is 2.48. The van der Waals surface area contributed by atoms with Gasteiger partial charge in [0, 0.05) is 46.1 Å². The number of hydrogen-bond acceptors (Lipinski definition) is 12. The molecule has 0 aromatic heterocycles. The van der Waals surface area contributed by atoms with Crippen molar-refractivity contribution in [2.24, 2.45) is 0 Å². The number of sulfone groups is 3. The molecule has 6 aromatic carbocycles. The molecule has 77 heavy (non-hydrogen) atoms. The van der Waals surface area contributed by atoms with E-state index in [1.807, 2.05) is 36.4 Å². The summed E-state index contributed by atoms with van der Waals surface area (Å²) in [5.74, 6) is 0.308. The molecule has 6 rings (SSSR count). The van der Waals surface area contributed by atoms with Crippen molar-refractivity contribution in [2.75, 3.05) is 0 Å². The van der Waals surface area contributed by atoms with Crippen molar-refractivity contribution in [3.8, 4) is 0 Å². The second kappa shape index (κ2) is 25.0. The number of hydrogen-bond donors (Lipinski definition) is 0. The van der Waals surface area contributed by atoms with E-state index in [2.05, 4.69) is 112 Å². The first-order chi connectivity index (χ1) is 35.7. The number of ketones is 3. The van der Waals surface area contributed by atoms with Gasteiger partial charge in [0.2, 0.25) is 0 Å². The number of carbonyl (C=O) groups is 3. The van der Waals surface area contributed by atoms with E-state index in [0.717, 1.165) is 82.0 Å². The summed E-state index contributed by atoms with van der Waals surface area (Å²) in [6, 6.07) is 45.1. The van der Waals surface area contributed by atoms with Crippen LogP contribution in [-0.4, -0.2) is 59.1 Å². The number of aryl methyl sites for hydroxylation is 3. The van der Waals surface area contributed by atoms with Gasteiger partial charge in [-0.1, -0.05) is 74.3 Å². The second-order valence-corrected chi connectivity index (χ2v) is 28.2. The van der Waals surface area contributed by atoms with E-state index >= 15 is 0 Å². The molecular formula is C52H45F9O9S7. The SMILES string of the molecule is CCc1cc(Sc2ccc([S+](c3ccc(Sc4ccc(C(C)=O)c(CC)c4)cc3)c3ccc(Sc4ccc(C(C)=O)c(CC)c4)cc3)cc2)ccc1C(C)=O.O=S(=O)([C-](S(=O)(=O)C(F)(F)F)S(=O)(=O)C(F)(F)F)C(F)(F)F. The lowest BCUT2D eigenvalue weighted by atomic mass is 10.0. The number of carbonyl (C=O) groups excluding carboxylic acids is 3. The summed E-state index contributed by atoms with van der Waals surface area (Å²) >= 11 is 5.14. The smallest absolute Gasteiger partial charge is 0.295 e. The number of rotatable bonds is 18. The zero-order valence-electron chi connectivity index (χ0n) is 41.2. The standard InChI is InChI=1S/C48H45O3S4.C4F9O6S3/c1-7-34-28-40(16-25-46(34)31(4)49)52-37-10-19-43(20-11-37)55(44-21-12-38(13-22-44)53-41-17-26-47(32(5)50)35(8-2)29-41)45-23-14-39(15-24-45)54-42-18-27-48(33(6)51)36(9-3)30-42;5-2(6,7)20(14,15)1(21(16,17)3(8,9)10)22(18,19)4(11,12)13/h10-30H,7-9H2,1-6H3;/q+1;-1. The first-order valence-corrected chi connectivity index (χ1v) is 30.6. The van der Waals surface area contributed by atoms with Crippen LogP contribution in [0, 0.1) is 3.91 Å². The molecule has 0 aliphatic heterocycles. The van der Waals surface area contributed by atoms with E-state index in [1.165, 1.54) is 14.7 Å². The van der Waals surface area contributed by atoms with Gasteiger partial charge in [0.25, 0.3) is 0 Å². The van der Waals surface area contributed by atoms with Crippen LogP contribution in [0.1, 0.15) is 89.3 Å². The fourth-order valence-electron chi connectivity index (χ4n) is 7.27. The van der Waals surface area contributed by atoms with Crippen molar-refractivity contribution >= 4 is 93.0 Å². The Bertz CT molecular complexity index is 3120. The zero-order chi connectivity index (χ0) is 57.6. The molecule has 25 heteroatoms. The van der Waals surface area contributed by atoms with Crippen molar-refractivity contribution < 1.29 is 79.2 Å². The van der Waals surface area contributed by atoms with E-state index in [4.69, 9.17) is 0 Å². The third-order valence-electron chi connectivity index (χ3n) is 11.0. The van der Waals surface area contributed by atoms with Crippen LogP contribution in [0.5, 0.6) is 0 Å². The maximum Gasteiger partial charge on any atom is 0.470 e. The van der Waals surface area contributed by atoms with Crippen LogP contribution in [0.25, 0.3) is 0 Å². The molecule has 0 fully saturated rings. The Morgan fingerprint density at radius 2 is 0.597 bits per heavy atom. The zero-order valence-corrected chi connectivity index (χ0v) is 46.9. The molecule has 0 unspecified atom stereocenters. The number of halogens is 9. The van der Waals surface area contributed by atoms with Gasteiger partial charge in [-0.05, 0) is 166 Å². The van der Waals surface area contributed by atoms with Crippen molar-refractivity contribution in [1.29, 1.82) is 0 Å². The van der Waals surface area contributed by atoms with Crippen LogP contribution in [0.15, 0.2) is 171 Å². The average Bonchev–Trinajstić information content (AvgIpc) is 3.34. The number of alkyl halides is 9. The third-order valence-corrected chi connectivity index (χ3v) is 23.3. The summed E-state index contributed by atoms with van der Waals surface area (Å²) in [5, 5.41) is 0. The summed E-state index contributed by atoms with van der Waals surface area (Å²) in [6.07, 6.45) is 2.45. The molecule has 0 aliphatic rings. The van der Waals surface area contributed by atoms with Crippen molar-refractivity contribution in [1.82, 2.24) is 0 Å². The number of benzene rings is 6. The van der Waals surface area contributed by atoms with Crippen LogP contribution in [0.2, 0.25) is 0 Å². The molecule has 0 atom stereocenters.